The second kappa shape index (κ2) is 5.11. The van der Waals surface area contributed by atoms with Crippen LogP contribution in [0.3, 0.4) is 0 Å². The van der Waals surface area contributed by atoms with Crippen LogP contribution in [0.4, 0.5) is 8.78 Å². The first-order chi connectivity index (χ1) is 9.99. The van der Waals surface area contributed by atoms with E-state index in [1.165, 1.54) is 18.2 Å². The van der Waals surface area contributed by atoms with Crippen molar-refractivity contribution in [2.75, 3.05) is 0 Å². The van der Waals surface area contributed by atoms with Gasteiger partial charge in [-0.3, -0.25) is 4.57 Å². The second-order valence-corrected chi connectivity index (χ2v) is 5.61. The molecule has 1 atom stereocenters. The van der Waals surface area contributed by atoms with Gasteiger partial charge in [0.05, 0.1) is 16.6 Å². The van der Waals surface area contributed by atoms with E-state index >= 15 is 0 Å². The molecular weight excluding hydrogens is 294 g/mol. The normalized spacial score (nSPS) is 12.8. The molecule has 1 aromatic heterocycles. The van der Waals surface area contributed by atoms with Crippen LogP contribution in [0, 0.1) is 18.6 Å². The van der Waals surface area contributed by atoms with Gasteiger partial charge in [0.15, 0.2) is 5.82 Å². The van der Waals surface area contributed by atoms with Crippen molar-refractivity contribution < 1.29 is 8.78 Å². The summed E-state index contributed by atoms with van der Waals surface area (Å²) < 4.78 is 29.3. The van der Waals surface area contributed by atoms with E-state index in [-0.39, 0.29) is 11.3 Å². The van der Waals surface area contributed by atoms with Gasteiger partial charge in [-0.2, -0.15) is 0 Å². The molecule has 0 radical (unpaired) electrons. The second-order valence-electron chi connectivity index (χ2n) is 4.96. The predicted molar refractivity (Wildman–Crippen MR) is 80.0 cm³/mol. The Kier molecular flexibility index (Phi) is 3.41. The van der Waals surface area contributed by atoms with Crippen LogP contribution >= 0.6 is 11.6 Å². The van der Waals surface area contributed by atoms with Gasteiger partial charge in [-0.25, -0.2) is 13.8 Å². The Morgan fingerprint density at radius 3 is 2.67 bits per heavy atom. The Bertz CT molecular complexity index is 825. The molecule has 0 N–H and O–H groups in total. The Balaban J connectivity index is 2.42. The number of hydrogen-bond donors (Lipinski definition) is 0. The molecule has 0 fully saturated rings. The summed E-state index contributed by atoms with van der Waals surface area (Å²) in [5, 5.41) is -0.431. The van der Waals surface area contributed by atoms with Crippen molar-refractivity contribution >= 4 is 22.6 Å². The summed E-state index contributed by atoms with van der Waals surface area (Å²) in [7, 11) is 0. The topological polar surface area (TPSA) is 17.8 Å². The maximum atomic E-state index is 13.9. The molecule has 2 aromatic carbocycles. The Labute approximate surface area is 126 Å². The highest BCUT2D eigenvalue weighted by atomic mass is 35.5. The fourth-order valence-electron chi connectivity index (χ4n) is 2.43. The highest BCUT2D eigenvalue weighted by Crippen LogP contribution is 2.30. The van der Waals surface area contributed by atoms with Gasteiger partial charge in [-0.1, -0.05) is 12.1 Å². The number of alkyl halides is 1. The van der Waals surface area contributed by atoms with Crippen LogP contribution in [-0.2, 0) is 0 Å². The van der Waals surface area contributed by atoms with Crippen molar-refractivity contribution in [1.29, 1.82) is 0 Å². The summed E-state index contributed by atoms with van der Waals surface area (Å²) in [6.45, 7) is 3.62. The zero-order valence-corrected chi connectivity index (χ0v) is 12.3. The molecule has 1 unspecified atom stereocenters. The summed E-state index contributed by atoms with van der Waals surface area (Å²) >= 11 is 6.17. The minimum Gasteiger partial charge on any atom is -0.295 e. The number of fused-ring (bicyclic) bond motifs is 1. The van der Waals surface area contributed by atoms with Crippen LogP contribution in [0.2, 0.25) is 0 Å². The van der Waals surface area contributed by atoms with Crippen LogP contribution in [0.25, 0.3) is 16.7 Å². The van der Waals surface area contributed by atoms with E-state index in [2.05, 4.69) is 4.98 Å². The minimum atomic E-state index is -0.431. The van der Waals surface area contributed by atoms with Gasteiger partial charge in [0, 0.05) is 0 Å². The smallest absolute Gasteiger partial charge is 0.151 e. The van der Waals surface area contributed by atoms with E-state index in [1.54, 1.807) is 29.7 Å². The molecular formula is C16H13ClF2N2. The number of aromatic nitrogens is 2. The zero-order valence-electron chi connectivity index (χ0n) is 11.6. The van der Waals surface area contributed by atoms with Crippen molar-refractivity contribution in [3.8, 4) is 5.69 Å². The number of imidazole rings is 1. The summed E-state index contributed by atoms with van der Waals surface area (Å²) in [6.07, 6.45) is 0. The van der Waals surface area contributed by atoms with Crippen LogP contribution in [0.15, 0.2) is 36.4 Å². The van der Waals surface area contributed by atoms with E-state index in [0.717, 1.165) is 5.56 Å². The molecule has 1 heterocycles. The third-order valence-electron chi connectivity index (χ3n) is 3.43. The van der Waals surface area contributed by atoms with Crippen molar-refractivity contribution in [3.05, 3.63) is 59.4 Å². The molecule has 3 aromatic rings. The molecule has 2 nitrogen and oxygen atoms in total. The zero-order chi connectivity index (χ0) is 15.1. The van der Waals surface area contributed by atoms with Crippen LogP contribution in [0.5, 0.6) is 0 Å². The highest BCUT2D eigenvalue weighted by molar-refractivity contribution is 6.20. The first-order valence-corrected chi connectivity index (χ1v) is 7.00. The van der Waals surface area contributed by atoms with Crippen LogP contribution in [0.1, 0.15) is 23.7 Å². The van der Waals surface area contributed by atoms with Crippen LogP contribution in [-0.4, -0.2) is 9.55 Å². The van der Waals surface area contributed by atoms with Crippen molar-refractivity contribution in [3.63, 3.8) is 0 Å². The molecule has 5 heteroatoms. The van der Waals surface area contributed by atoms with Gasteiger partial charge >= 0.3 is 0 Å². The first kappa shape index (κ1) is 14.0. The average molecular weight is 307 g/mol. The van der Waals surface area contributed by atoms with Gasteiger partial charge in [0.1, 0.15) is 17.2 Å². The van der Waals surface area contributed by atoms with Crippen molar-refractivity contribution in [2.24, 2.45) is 0 Å². The lowest BCUT2D eigenvalue weighted by atomic mass is 10.2. The summed E-state index contributed by atoms with van der Waals surface area (Å²) in [6, 6.07) is 9.18. The monoisotopic (exact) mass is 306 g/mol. The van der Waals surface area contributed by atoms with Gasteiger partial charge < -0.3 is 0 Å². The number of rotatable bonds is 2. The van der Waals surface area contributed by atoms with Crippen molar-refractivity contribution in [2.45, 2.75) is 19.2 Å². The third kappa shape index (κ3) is 2.29. The molecule has 0 saturated heterocycles. The van der Waals surface area contributed by atoms with Gasteiger partial charge in [0.25, 0.3) is 0 Å². The summed E-state index contributed by atoms with van der Waals surface area (Å²) in [4.78, 5) is 4.29. The fourth-order valence-corrected chi connectivity index (χ4v) is 2.57. The number of halogens is 3. The van der Waals surface area contributed by atoms with E-state index in [1.807, 2.05) is 6.92 Å². The number of aryl methyl sites for hydroxylation is 1. The quantitative estimate of drug-likeness (QED) is 0.615. The molecule has 0 aliphatic carbocycles. The average Bonchev–Trinajstić information content (AvgIpc) is 2.82. The Morgan fingerprint density at radius 1 is 1.19 bits per heavy atom. The Hall–Kier alpha value is -1.94. The molecule has 108 valence electrons. The molecule has 0 spiro atoms. The number of hydrogen-bond acceptors (Lipinski definition) is 1. The maximum Gasteiger partial charge on any atom is 0.151 e. The molecule has 0 saturated carbocycles. The molecule has 3 rings (SSSR count). The van der Waals surface area contributed by atoms with E-state index in [4.69, 9.17) is 11.6 Å². The first-order valence-electron chi connectivity index (χ1n) is 6.56. The largest absolute Gasteiger partial charge is 0.295 e. The van der Waals surface area contributed by atoms with Gasteiger partial charge in [0.2, 0.25) is 0 Å². The molecule has 0 bridgehead atoms. The highest BCUT2D eigenvalue weighted by Gasteiger charge is 2.19. The lowest BCUT2D eigenvalue weighted by Gasteiger charge is -2.13. The van der Waals surface area contributed by atoms with E-state index in [9.17, 15) is 8.78 Å². The number of nitrogens with zero attached hydrogens (tertiary/aromatic N) is 2. The van der Waals surface area contributed by atoms with E-state index in [0.29, 0.717) is 17.0 Å². The third-order valence-corrected chi connectivity index (χ3v) is 3.62. The van der Waals surface area contributed by atoms with Crippen molar-refractivity contribution in [1.82, 2.24) is 9.55 Å². The molecule has 0 aliphatic rings. The summed E-state index contributed by atoms with van der Waals surface area (Å²) in [5.41, 5.74) is 2.29. The molecule has 21 heavy (non-hydrogen) atoms. The standard InChI is InChI=1S/C16H13ClF2N2/c1-9-6-7-11(18)8-14(9)21-13-5-3-4-12(19)15(13)20-16(21)10(2)17/h3-8,10H,1-2H3. The maximum absolute atomic E-state index is 13.9. The lowest BCUT2D eigenvalue weighted by molar-refractivity contribution is 0.625. The van der Waals surface area contributed by atoms with Gasteiger partial charge in [-0.05, 0) is 43.7 Å². The Morgan fingerprint density at radius 2 is 1.95 bits per heavy atom. The number of para-hydroxylation sites is 1. The van der Waals surface area contributed by atoms with Crippen LogP contribution < -0.4 is 0 Å². The molecule has 0 amide bonds. The number of benzene rings is 2. The lowest BCUT2D eigenvalue weighted by Crippen LogP contribution is -2.04. The van der Waals surface area contributed by atoms with E-state index < -0.39 is 11.2 Å². The van der Waals surface area contributed by atoms with Gasteiger partial charge in [-0.15, -0.1) is 11.6 Å². The predicted octanol–water partition coefficient (Wildman–Crippen LogP) is 4.91. The fraction of sp³-hybridized carbons (Fsp3) is 0.188. The SMILES string of the molecule is Cc1ccc(F)cc1-n1c(C(C)Cl)nc2c(F)cccc21. The molecule has 0 aliphatic heterocycles. The summed E-state index contributed by atoms with van der Waals surface area (Å²) in [5.74, 6) is -0.286. The minimum absolute atomic E-state index is 0.240.